The van der Waals surface area contributed by atoms with Crippen molar-refractivity contribution in [3.8, 4) is 0 Å². The van der Waals surface area contributed by atoms with E-state index in [-0.39, 0.29) is 11.7 Å². The number of carbonyl (C=O) groups excluding carboxylic acids is 2. The van der Waals surface area contributed by atoms with Crippen LogP contribution in [0, 0.1) is 13.8 Å². The first-order valence-corrected chi connectivity index (χ1v) is 9.67. The summed E-state index contributed by atoms with van der Waals surface area (Å²) in [5, 5.41) is 0. The molecule has 1 saturated heterocycles. The van der Waals surface area contributed by atoms with Gasteiger partial charge in [0, 0.05) is 38.2 Å². The predicted molar refractivity (Wildman–Crippen MR) is 108 cm³/mol. The monoisotopic (exact) mass is 364 g/mol. The largest absolute Gasteiger partial charge is 0.340 e. The summed E-state index contributed by atoms with van der Waals surface area (Å²) in [6.07, 6.45) is 1.33. The molecule has 142 valence electrons. The van der Waals surface area contributed by atoms with Crippen molar-refractivity contribution in [3.63, 3.8) is 0 Å². The Bertz CT molecular complexity index is 793. The second-order valence-corrected chi connectivity index (χ2v) is 7.38. The van der Waals surface area contributed by atoms with Crippen LogP contribution in [0.3, 0.4) is 0 Å². The van der Waals surface area contributed by atoms with Crippen LogP contribution < -0.4 is 0 Å². The summed E-state index contributed by atoms with van der Waals surface area (Å²) in [4.78, 5) is 29.2. The lowest BCUT2D eigenvalue weighted by molar-refractivity contribution is -0.132. The van der Waals surface area contributed by atoms with Gasteiger partial charge in [-0.1, -0.05) is 48.0 Å². The zero-order chi connectivity index (χ0) is 19.2. The van der Waals surface area contributed by atoms with E-state index in [4.69, 9.17) is 0 Å². The van der Waals surface area contributed by atoms with Crippen molar-refractivity contribution in [3.05, 3.63) is 70.8 Å². The summed E-state index contributed by atoms with van der Waals surface area (Å²) in [7, 11) is 0. The van der Waals surface area contributed by atoms with Gasteiger partial charge in [-0.15, -0.1) is 0 Å². The second kappa shape index (κ2) is 8.96. The molecule has 1 aliphatic heterocycles. The molecule has 3 rings (SSSR count). The summed E-state index contributed by atoms with van der Waals surface area (Å²) >= 11 is 0. The van der Waals surface area contributed by atoms with Crippen LogP contribution in [0.1, 0.15) is 33.5 Å². The molecule has 1 fully saturated rings. The van der Waals surface area contributed by atoms with Crippen molar-refractivity contribution in [1.29, 1.82) is 0 Å². The van der Waals surface area contributed by atoms with E-state index in [1.165, 1.54) is 5.56 Å². The molecule has 2 aromatic carbocycles. The zero-order valence-corrected chi connectivity index (χ0v) is 16.3. The van der Waals surface area contributed by atoms with Gasteiger partial charge in [0.15, 0.2) is 5.78 Å². The third kappa shape index (κ3) is 5.27. The number of carbonyl (C=O) groups is 2. The summed E-state index contributed by atoms with van der Waals surface area (Å²) in [5.41, 5.74) is 4.15. The van der Waals surface area contributed by atoms with Gasteiger partial charge in [-0.3, -0.25) is 14.5 Å². The Morgan fingerprint density at radius 3 is 2.33 bits per heavy atom. The molecule has 1 amide bonds. The number of hydrogen-bond donors (Lipinski definition) is 0. The van der Waals surface area contributed by atoms with Gasteiger partial charge < -0.3 is 4.90 Å². The van der Waals surface area contributed by atoms with Gasteiger partial charge in [-0.25, -0.2) is 0 Å². The SMILES string of the molecule is Cc1ccc(C)c(C(=O)CN2CCN(C(=O)CCc3ccccc3)CC2)c1. The van der Waals surface area contributed by atoms with E-state index < -0.39 is 0 Å². The smallest absolute Gasteiger partial charge is 0.222 e. The molecule has 0 bridgehead atoms. The van der Waals surface area contributed by atoms with Crippen LogP contribution in [0.4, 0.5) is 0 Å². The second-order valence-electron chi connectivity index (χ2n) is 7.38. The maximum absolute atomic E-state index is 12.6. The number of Topliss-reactive ketones (excluding diaryl/α,β-unsaturated/α-hetero) is 1. The van der Waals surface area contributed by atoms with Gasteiger partial charge >= 0.3 is 0 Å². The van der Waals surface area contributed by atoms with Crippen LogP contribution in [0.2, 0.25) is 0 Å². The topological polar surface area (TPSA) is 40.6 Å². The number of amides is 1. The van der Waals surface area contributed by atoms with Gasteiger partial charge in [0.05, 0.1) is 6.54 Å². The molecule has 0 saturated carbocycles. The lowest BCUT2D eigenvalue weighted by atomic mass is 10.0. The van der Waals surface area contributed by atoms with E-state index in [9.17, 15) is 9.59 Å². The minimum atomic E-state index is 0.167. The maximum atomic E-state index is 12.6. The number of hydrogen-bond acceptors (Lipinski definition) is 3. The number of ketones is 1. The molecular formula is C23H28N2O2. The van der Waals surface area contributed by atoms with E-state index in [1.54, 1.807) is 0 Å². The predicted octanol–water partition coefficient (Wildman–Crippen LogP) is 3.26. The average molecular weight is 364 g/mol. The molecule has 0 unspecified atom stereocenters. The molecule has 27 heavy (non-hydrogen) atoms. The number of aryl methyl sites for hydroxylation is 3. The molecule has 0 aliphatic carbocycles. The molecule has 4 nitrogen and oxygen atoms in total. The lowest BCUT2D eigenvalue weighted by Gasteiger charge is -2.34. The molecule has 0 spiro atoms. The highest BCUT2D eigenvalue weighted by molar-refractivity contribution is 5.99. The van der Waals surface area contributed by atoms with Crippen LogP contribution in [-0.4, -0.2) is 54.2 Å². The Kier molecular flexibility index (Phi) is 6.40. The van der Waals surface area contributed by atoms with E-state index in [0.29, 0.717) is 26.1 Å². The van der Waals surface area contributed by atoms with Crippen LogP contribution >= 0.6 is 0 Å². The first-order valence-electron chi connectivity index (χ1n) is 9.67. The zero-order valence-electron chi connectivity index (χ0n) is 16.3. The van der Waals surface area contributed by atoms with Gasteiger partial charge in [-0.05, 0) is 37.5 Å². The standard InChI is InChI=1S/C23H28N2O2/c1-18-8-9-19(2)21(16-18)22(26)17-24-12-14-25(15-13-24)23(27)11-10-20-6-4-3-5-7-20/h3-9,16H,10-15,17H2,1-2H3. The number of rotatable bonds is 6. The van der Waals surface area contributed by atoms with E-state index in [1.807, 2.05) is 55.1 Å². The molecule has 2 aromatic rings. The molecule has 0 radical (unpaired) electrons. The number of piperazine rings is 1. The molecule has 1 aliphatic rings. The Balaban J connectivity index is 1.46. The third-order valence-electron chi connectivity index (χ3n) is 5.26. The van der Waals surface area contributed by atoms with Crippen molar-refractivity contribution in [1.82, 2.24) is 9.80 Å². The third-order valence-corrected chi connectivity index (χ3v) is 5.26. The minimum Gasteiger partial charge on any atom is -0.340 e. The highest BCUT2D eigenvalue weighted by atomic mass is 16.2. The Morgan fingerprint density at radius 2 is 1.63 bits per heavy atom. The quantitative estimate of drug-likeness (QED) is 0.739. The summed E-state index contributed by atoms with van der Waals surface area (Å²) in [5.74, 6) is 0.374. The van der Waals surface area contributed by atoms with Crippen LogP contribution in [0.5, 0.6) is 0 Å². The molecule has 1 heterocycles. The lowest BCUT2D eigenvalue weighted by Crippen LogP contribution is -2.50. The van der Waals surface area contributed by atoms with E-state index >= 15 is 0 Å². The first-order chi connectivity index (χ1) is 13.0. The van der Waals surface area contributed by atoms with Gasteiger partial charge in [0.1, 0.15) is 0 Å². The van der Waals surface area contributed by atoms with Crippen molar-refractivity contribution >= 4 is 11.7 Å². The van der Waals surface area contributed by atoms with Crippen molar-refractivity contribution in [2.75, 3.05) is 32.7 Å². The van der Waals surface area contributed by atoms with Crippen molar-refractivity contribution in [2.45, 2.75) is 26.7 Å². The number of benzene rings is 2. The van der Waals surface area contributed by atoms with Gasteiger partial charge in [-0.2, -0.15) is 0 Å². The maximum Gasteiger partial charge on any atom is 0.222 e. The molecule has 0 N–H and O–H groups in total. The van der Waals surface area contributed by atoms with Crippen LogP contribution in [0.25, 0.3) is 0 Å². The molecule has 0 atom stereocenters. The molecular weight excluding hydrogens is 336 g/mol. The van der Waals surface area contributed by atoms with Crippen LogP contribution in [-0.2, 0) is 11.2 Å². The van der Waals surface area contributed by atoms with E-state index in [0.717, 1.165) is 36.2 Å². The Labute approximate surface area is 161 Å². The molecule has 0 aromatic heterocycles. The van der Waals surface area contributed by atoms with Crippen molar-refractivity contribution < 1.29 is 9.59 Å². The number of nitrogens with zero attached hydrogens (tertiary/aromatic N) is 2. The van der Waals surface area contributed by atoms with E-state index in [2.05, 4.69) is 17.0 Å². The first kappa shape index (κ1) is 19.3. The average Bonchev–Trinajstić information content (AvgIpc) is 2.69. The molecule has 4 heteroatoms. The van der Waals surface area contributed by atoms with Crippen LogP contribution in [0.15, 0.2) is 48.5 Å². The van der Waals surface area contributed by atoms with Crippen molar-refractivity contribution in [2.24, 2.45) is 0 Å². The fraction of sp³-hybridized carbons (Fsp3) is 0.391. The minimum absolute atomic E-state index is 0.167. The van der Waals surface area contributed by atoms with Gasteiger partial charge in [0.25, 0.3) is 0 Å². The van der Waals surface area contributed by atoms with Gasteiger partial charge in [0.2, 0.25) is 5.91 Å². The fourth-order valence-corrected chi connectivity index (χ4v) is 3.53. The normalized spacial score (nSPS) is 15.0. The highest BCUT2D eigenvalue weighted by Gasteiger charge is 2.23. The Hall–Kier alpha value is -2.46. The fourth-order valence-electron chi connectivity index (χ4n) is 3.53. The summed E-state index contributed by atoms with van der Waals surface area (Å²) < 4.78 is 0. The summed E-state index contributed by atoms with van der Waals surface area (Å²) in [6, 6.07) is 16.1. The highest BCUT2D eigenvalue weighted by Crippen LogP contribution is 2.13. The summed E-state index contributed by atoms with van der Waals surface area (Å²) in [6.45, 7) is 7.34. The Morgan fingerprint density at radius 1 is 0.926 bits per heavy atom.